The molecule has 7 heteroatoms. The lowest BCUT2D eigenvalue weighted by atomic mass is 9.98. The van der Waals surface area contributed by atoms with Gasteiger partial charge in [-0.3, -0.25) is 14.4 Å². The summed E-state index contributed by atoms with van der Waals surface area (Å²) in [6, 6.07) is 3.67. The fourth-order valence-electron chi connectivity index (χ4n) is 3.70. The lowest BCUT2D eigenvalue weighted by Gasteiger charge is -2.33. The molecule has 0 radical (unpaired) electrons. The summed E-state index contributed by atoms with van der Waals surface area (Å²) < 4.78 is 1.72. The first kappa shape index (κ1) is 15.9. The van der Waals surface area contributed by atoms with Crippen LogP contribution in [0.25, 0.3) is 0 Å². The molecule has 4 rings (SSSR count). The number of amides is 1. The SMILES string of the molecule is Cn1cc(N2CCC(N3CCc4c(Cl)cc(Cl)cc4C3)C2=O)cn1. The van der Waals surface area contributed by atoms with E-state index in [-0.39, 0.29) is 11.9 Å². The first-order valence-corrected chi connectivity index (χ1v) is 8.79. The number of fused-ring (bicyclic) bond motifs is 1. The van der Waals surface area contributed by atoms with E-state index in [0.29, 0.717) is 11.6 Å². The molecule has 1 saturated heterocycles. The maximum Gasteiger partial charge on any atom is 0.244 e. The molecule has 2 aliphatic heterocycles. The Kier molecular flexibility index (Phi) is 4.03. The normalized spacial score (nSPS) is 21.4. The van der Waals surface area contributed by atoms with Gasteiger partial charge in [-0.15, -0.1) is 0 Å². The van der Waals surface area contributed by atoms with E-state index in [4.69, 9.17) is 23.2 Å². The molecule has 1 aromatic heterocycles. The molecule has 5 nitrogen and oxygen atoms in total. The Morgan fingerprint density at radius 2 is 2.08 bits per heavy atom. The summed E-state index contributed by atoms with van der Waals surface area (Å²) >= 11 is 12.4. The van der Waals surface area contributed by atoms with Gasteiger partial charge in [-0.2, -0.15) is 5.10 Å². The summed E-state index contributed by atoms with van der Waals surface area (Å²) in [6.07, 6.45) is 5.30. The standard InChI is InChI=1S/C17H18Cl2N4O/c1-21-10-13(8-20-21)23-5-3-16(17(23)24)22-4-2-14-11(9-22)6-12(18)7-15(14)19/h6-8,10,16H,2-5,9H2,1H3. The van der Waals surface area contributed by atoms with Crippen molar-refractivity contribution in [1.29, 1.82) is 0 Å². The number of benzene rings is 1. The first-order valence-electron chi connectivity index (χ1n) is 8.04. The number of halogens is 2. The molecule has 1 atom stereocenters. The fourth-order valence-corrected chi connectivity index (χ4v) is 4.33. The molecule has 0 bridgehead atoms. The van der Waals surface area contributed by atoms with Gasteiger partial charge in [-0.1, -0.05) is 23.2 Å². The molecule has 1 aromatic carbocycles. The van der Waals surface area contributed by atoms with E-state index in [1.807, 2.05) is 24.2 Å². The van der Waals surface area contributed by atoms with Crippen LogP contribution in [0.1, 0.15) is 17.5 Å². The maximum absolute atomic E-state index is 12.9. The van der Waals surface area contributed by atoms with E-state index < -0.39 is 0 Å². The van der Waals surface area contributed by atoms with E-state index in [1.165, 1.54) is 0 Å². The van der Waals surface area contributed by atoms with Crippen LogP contribution < -0.4 is 4.90 Å². The van der Waals surface area contributed by atoms with Crippen molar-refractivity contribution < 1.29 is 4.79 Å². The van der Waals surface area contributed by atoms with Crippen molar-refractivity contribution in [2.45, 2.75) is 25.4 Å². The summed E-state index contributed by atoms with van der Waals surface area (Å²) in [5.41, 5.74) is 3.16. The average molecular weight is 365 g/mol. The molecule has 0 saturated carbocycles. The Hall–Kier alpha value is -1.56. The topological polar surface area (TPSA) is 41.4 Å². The number of nitrogens with zero attached hydrogens (tertiary/aromatic N) is 4. The van der Waals surface area contributed by atoms with Crippen molar-refractivity contribution in [1.82, 2.24) is 14.7 Å². The second-order valence-corrected chi connectivity index (χ2v) is 7.26. The van der Waals surface area contributed by atoms with Crippen molar-refractivity contribution in [3.05, 3.63) is 45.7 Å². The van der Waals surface area contributed by atoms with Crippen LogP contribution in [-0.2, 0) is 24.8 Å². The summed E-state index contributed by atoms with van der Waals surface area (Å²) in [5, 5.41) is 5.54. The van der Waals surface area contributed by atoms with E-state index in [2.05, 4.69) is 10.00 Å². The molecule has 1 unspecified atom stereocenters. The third-order valence-corrected chi connectivity index (χ3v) is 5.45. The zero-order chi connectivity index (χ0) is 16.8. The maximum atomic E-state index is 12.9. The van der Waals surface area contributed by atoms with Crippen molar-refractivity contribution in [3.63, 3.8) is 0 Å². The number of anilines is 1. The molecular weight excluding hydrogens is 347 g/mol. The molecule has 3 heterocycles. The third-order valence-electron chi connectivity index (χ3n) is 4.90. The lowest BCUT2D eigenvalue weighted by Crippen LogP contribution is -2.44. The van der Waals surface area contributed by atoms with Crippen LogP contribution in [0, 0.1) is 0 Å². The van der Waals surface area contributed by atoms with Gasteiger partial charge < -0.3 is 4.90 Å². The van der Waals surface area contributed by atoms with Crippen LogP contribution in [0.3, 0.4) is 0 Å². The highest BCUT2D eigenvalue weighted by atomic mass is 35.5. The van der Waals surface area contributed by atoms with Crippen LogP contribution in [0.4, 0.5) is 5.69 Å². The Bertz CT molecular complexity index is 804. The van der Waals surface area contributed by atoms with Gasteiger partial charge in [0, 0.05) is 42.9 Å². The number of rotatable bonds is 2. The highest BCUT2D eigenvalue weighted by molar-refractivity contribution is 6.35. The minimum atomic E-state index is -0.0869. The summed E-state index contributed by atoms with van der Waals surface area (Å²) in [4.78, 5) is 16.9. The van der Waals surface area contributed by atoms with Gasteiger partial charge in [0.05, 0.1) is 17.9 Å². The van der Waals surface area contributed by atoms with Gasteiger partial charge in [0.15, 0.2) is 0 Å². The van der Waals surface area contributed by atoms with Crippen LogP contribution in [0.2, 0.25) is 10.0 Å². The van der Waals surface area contributed by atoms with E-state index in [0.717, 1.165) is 47.8 Å². The highest BCUT2D eigenvalue weighted by Gasteiger charge is 2.38. The Labute approximate surface area is 150 Å². The predicted molar refractivity (Wildman–Crippen MR) is 94.5 cm³/mol. The molecule has 0 N–H and O–H groups in total. The number of carbonyl (C=O) groups is 1. The van der Waals surface area contributed by atoms with Gasteiger partial charge in [0.25, 0.3) is 0 Å². The quantitative estimate of drug-likeness (QED) is 0.822. The predicted octanol–water partition coefficient (Wildman–Crippen LogP) is 2.89. The molecule has 0 aliphatic carbocycles. The monoisotopic (exact) mass is 364 g/mol. The summed E-state index contributed by atoms with van der Waals surface area (Å²) in [6.45, 7) is 2.29. The molecule has 1 fully saturated rings. The van der Waals surface area contributed by atoms with Crippen LogP contribution >= 0.6 is 23.2 Å². The van der Waals surface area contributed by atoms with Gasteiger partial charge >= 0.3 is 0 Å². The van der Waals surface area contributed by atoms with Crippen molar-refractivity contribution >= 4 is 34.8 Å². The Balaban J connectivity index is 1.54. The third kappa shape index (κ3) is 2.70. The second kappa shape index (κ2) is 6.06. The molecule has 24 heavy (non-hydrogen) atoms. The zero-order valence-electron chi connectivity index (χ0n) is 13.4. The number of carbonyl (C=O) groups excluding carboxylic acids is 1. The molecule has 0 spiro atoms. The number of hydrogen-bond donors (Lipinski definition) is 0. The molecular formula is C17H18Cl2N4O. The van der Waals surface area contributed by atoms with Crippen molar-refractivity contribution in [3.8, 4) is 0 Å². The number of hydrogen-bond acceptors (Lipinski definition) is 3. The fraction of sp³-hybridized carbons (Fsp3) is 0.412. The van der Waals surface area contributed by atoms with E-state index in [9.17, 15) is 4.79 Å². The van der Waals surface area contributed by atoms with Gasteiger partial charge in [0.1, 0.15) is 0 Å². The van der Waals surface area contributed by atoms with Gasteiger partial charge in [0.2, 0.25) is 5.91 Å². The van der Waals surface area contributed by atoms with Gasteiger partial charge in [-0.05, 0) is 36.1 Å². The smallest absolute Gasteiger partial charge is 0.244 e. The average Bonchev–Trinajstić information content (AvgIpc) is 3.12. The summed E-state index contributed by atoms with van der Waals surface area (Å²) in [7, 11) is 1.86. The van der Waals surface area contributed by atoms with E-state index in [1.54, 1.807) is 16.9 Å². The van der Waals surface area contributed by atoms with Crippen LogP contribution in [0.5, 0.6) is 0 Å². The second-order valence-electron chi connectivity index (χ2n) is 6.41. The minimum absolute atomic E-state index is 0.0869. The van der Waals surface area contributed by atoms with Gasteiger partial charge in [-0.25, -0.2) is 0 Å². The Morgan fingerprint density at radius 1 is 1.25 bits per heavy atom. The van der Waals surface area contributed by atoms with E-state index >= 15 is 0 Å². The lowest BCUT2D eigenvalue weighted by molar-refractivity contribution is -0.122. The summed E-state index contributed by atoms with van der Waals surface area (Å²) in [5.74, 6) is 0.152. The van der Waals surface area contributed by atoms with Crippen molar-refractivity contribution in [2.75, 3.05) is 18.0 Å². The number of aromatic nitrogens is 2. The molecule has 2 aliphatic rings. The molecule has 2 aromatic rings. The van der Waals surface area contributed by atoms with Crippen molar-refractivity contribution in [2.24, 2.45) is 7.05 Å². The number of aryl methyl sites for hydroxylation is 1. The highest BCUT2D eigenvalue weighted by Crippen LogP contribution is 2.32. The molecule has 1 amide bonds. The first-order chi connectivity index (χ1) is 11.5. The largest absolute Gasteiger partial charge is 0.308 e. The van der Waals surface area contributed by atoms with Crippen LogP contribution in [0.15, 0.2) is 24.5 Å². The zero-order valence-corrected chi connectivity index (χ0v) is 14.9. The Morgan fingerprint density at radius 3 is 2.83 bits per heavy atom. The van der Waals surface area contributed by atoms with Crippen LogP contribution in [-0.4, -0.2) is 39.7 Å². The minimum Gasteiger partial charge on any atom is -0.308 e. The molecule has 126 valence electrons.